The van der Waals surface area contributed by atoms with E-state index in [-0.39, 0.29) is 0 Å². The molecule has 0 saturated carbocycles. The summed E-state index contributed by atoms with van der Waals surface area (Å²) in [6, 6.07) is 15.1. The first-order valence-electron chi connectivity index (χ1n) is 5.85. The molecule has 0 bridgehead atoms. The van der Waals surface area contributed by atoms with E-state index in [1.165, 1.54) is 5.56 Å². The zero-order chi connectivity index (χ0) is 13.1. The minimum Gasteiger partial charge on any atom is -0.249 e. The van der Waals surface area contributed by atoms with Crippen LogP contribution in [0.5, 0.6) is 0 Å². The highest BCUT2D eigenvalue weighted by atomic mass is 35.5. The predicted octanol–water partition coefficient (Wildman–Crippen LogP) is 4.63. The highest BCUT2D eigenvalue weighted by Crippen LogP contribution is 2.21. The Balaban J connectivity index is 2.26. The predicted molar refractivity (Wildman–Crippen MR) is 76.7 cm³/mol. The van der Waals surface area contributed by atoms with Crippen molar-refractivity contribution in [2.75, 3.05) is 0 Å². The van der Waals surface area contributed by atoms with Crippen LogP contribution >= 0.6 is 11.6 Å². The Hall–Kier alpha value is -1.12. The lowest BCUT2D eigenvalue weighted by atomic mass is 10.0. The maximum atomic E-state index is 12.3. The summed E-state index contributed by atoms with van der Waals surface area (Å²) in [6.45, 7) is 4.29. The third-order valence-electron chi connectivity index (χ3n) is 2.79. The third kappa shape index (κ3) is 3.01. The molecule has 0 amide bonds. The van der Waals surface area contributed by atoms with Gasteiger partial charge in [-0.2, -0.15) is 0 Å². The molecule has 0 aliphatic rings. The van der Waals surface area contributed by atoms with Gasteiger partial charge in [0.25, 0.3) is 0 Å². The van der Waals surface area contributed by atoms with E-state index in [2.05, 4.69) is 13.8 Å². The molecule has 0 aliphatic heterocycles. The summed E-state index contributed by atoms with van der Waals surface area (Å²) in [7, 11) is -1.14. The molecule has 0 heterocycles. The van der Waals surface area contributed by atoms with Gasteiger partial charge in [0.05, 0.1) is 10.8 Å². The molecule has 3 heteroatoms. The summed E-state index contributed by atoms with van der Waals surface area (Å²) in [4.78, 5) is 1.60. The Morgan fingerprint density at radius 2 is 1.33 bits per heavy atom. The zero-order valence-electron chi connectivity index (χ0n) is 10.4. The van der Waals surface area contributed by atoms with Gasteiger partial charge in [0.2, 0.25) is 0 Å². The second kappa shape index (κ2) is 5.68. The zero-order valence-corrected chi connectivity index (χ0v) is 12.0. The fraction of sp³-hybridized carbons (Fsp3) is 0.200. The molecule has 0 saturated heterocycles. The standard InChI is InChI=1S/C15H15ClOS/c1-11(2)12-3-7-14(8-4-12)18(17)15-9-5-13(16)6-10-15/h3-11H,1-2H3. The molecule has 18 heavy (non-hydrogen) atoms. The van der Waals surface area contributed by atoms with Crippen LogP contribution < -0.4 is 0 Å². The molecule has 2 aromatic carbocycles. The SMILES string of the molecule is CC(C)c1ccc(S(=O)c2ccc(Cl)cc2)cc1. The third-order valence-corrected chi connectivity index (χ3v) is 4.44. The highest BCUT2D eigenvalue weighted by molar-refractivity contribution is 7.85. The van der Waals surface area contributed by atoms with Crippen molar-refractivity contribution in [1.29, 1.82) is 0 Å². The van der Waals surface area contributed by atoms with Gasteiger partial charge in [-0.1, -0.05) is 37.6 Å². The maximum absolute atomic E-state index is 12.3. The van der Waals surface area contributed by atoms with E-state index in [1.54, 1.807) is 24.3 Å². The van der Waals surface area contributed by atoms with Crippen LogP contribution in [0, 0.1) is 0 Å². The largest absolute Gasteiger partial charge is 0.249 e. The van der Waals surface area contributed by atoms with Crippen molar-refractivity contribution in [3.05, 3.63) is 59.1 Å². The number of rotatable bonds is 3. The molecule has 1 atom stereocenters. The average Bonchev–Trinajstić information content (AvgIpc) is 2.39. The van der Waals surface area contributed by atoms with Crippen molar-refractivity contribution in [2.24, 2.45) is 0 Å². The van der Waals surface area contributed by atoms with Crippen molar-refractivity contribution in [1.82, 2.24) is 0 Å². The Morgan fingerprint density at radius 3 is 1.78 bits per heavy atom. The summed E-state index contributed by atoms with van der Waals surface area (Å²) < 4.78 is 12.3. The van der Waals surface area contributed by atoms with E-state index in [9.17, 15) is 4.21 Å². The quantitative estimate of drug-likeness (QED) is 0.800. The number of hydrogen-bond acceptors (Lipinski definition) is 1. The molecule has 0 radical (unpaired) electrons. The lowest BCUT2D eigenvalue weighted by molar-refractivity contribution is 0.683. The first-order valence-corrected chi connectivity index (χ1v) is 7.38. The number of halogens is 1. The van der Waals surface area contributed by atoms with Gasteiger partial charge in [-0.15, -0.1) is 0 Å². The van der Waals surface area contributed by atoms with Crippen molar-refractivity contribution in [3.63, 3.8) is 0 Å². The summed E-state index contributed by atoms with van der Waals surface area (Å²) in [5, 5.41) is 0.658. The molecule has 0 spiro atoms. The molecule has 0 fully saturated rings. The van der Waals surface area contributed by atoms with Gasteiger partial charge < -0.3 is 0 Å². The minimum absolute atomic E-state index is 0.489. The van der Waals surface area contributed by atoms with E-state index >= 15 is 0 Å². The fourth-order valence-electron chi connectivity index (χ4n) is 1.67. The van der Waals surface area contributed by atoms with Crippen molar-refractivity contribution in [3.8, 4) is 0 Å². The molecule has 2 aromatic rings. The van der Waals surface area contributed by atoms with E-state index in [4.69, 9.17) is 11.6 Å². The van der Waals surface area contributed by atoms with E-state index in [1.807, 2.05) is 24.3 Å². The van der Waals surface area contributed by atoms with E-state index in [0.717, 1.165) is 9.79 Å². The molecule has 94 valence electrons. The highest BCUT2D eigenvalue weighted by Gasteiger charge is 2.07. The van der Waals surface area contributed by atoms with Gasteiger partial charge in [0.1, 0.15) is 0 Å². The average molecular weight is 279 g/mol. The van der Waals surface area contributed by atoms with Gasteiger partial charge in [0, 0.05) is 14.8 Å². The summed E-state index contributed by atoms with van der Waals surface area (Å²) in [6.07, 6.45) is 0. The Kier molecular flexibility index (Phi) is 4.20. The van der Waals surface area contributed by atoms with Crippen molar-refractivity contribution >= 4 is 22.4 Å². The maximum Gasteiger partial charge on any atom is 0.0849 e. The Morgan fingerprint density at radius 1 is 0.889 bits per heavy atom. The normalized spacial score (nSPS) is 12.7. The molecule has 0 N–H and O–H groups in total. The van der Waals surface area contributed by atoms with Crippen molar-refractivity contribution in [2.45, 2.75) is 29.6 Å². The number of benzene rings is 2. The van der Waals surface area contributed by atoms with Crippen LogP contribution in [0.4, 0.5) is 0 Å². The molecular weight excluding hydrogens is 264 g/mol. The van der Waals surface area contributed by atoms with Crippen LogP contribution in [0.25, 0.3) is 0 Å². The van der Waals surface area contributed by atoms with Gasteiger partial charge in [0.15, 0.2) is 0 Å². The van der Waals surface area contributed by atoms with Crippen molar-refractivity contribution < 1.29 is 4.21 Å². The van der Waals surface area contributed by atoms with Crippen LogP contribution in [0.15, 0.2) is 58.3 Å². The van der Waals surface area contributed by atoms with Gasteiger partial charge in [-0.3, -0.25) is 0 Å². The lowest BCUT2D eigenvalue weighted by Crippen LogP contribution is -1.94. The first kappa shape index (κ1) is 13.3. The summed E-state index contributed by atoms with van der Waals surface area (Å²) in [5.41, 5.74) is 1.26. The molecular formula is C15H15ClOS. The minimum atomic E-state index is -1.14. The van der Waals surface area contributed by atoms with Gasteiger partial charge in [-0.05, 0) is 47.9 Å². The van der Waals surface area contributed by atoms with Crippen LogP contribution in [-0.2, 0) is 10.8 Å². The second-order valence-electron chi connectivity index (χ2n) is 4.45. The fourth-order valence-corrected chi connectivity index (χ4v) is 2.84. The number of hydrogen-bond donors (Lipinski definition) is 0. The monoisotopic (exact) mass is 278 g/mol. The molecule has 2 rings (SSSR count). The smallest absolute Gasteiger partial charge is 0.0849 e. The molecule has 1 unspecified atom stereocenters. The molecule has 0 aromatic heterocycles. The van der Waals surface area contributed by atoms with Crippen LogP contribution in [0.1, 0.15) is 25.3 Å². The van der Waals surface area contributed by atoms with Crippen LogP contribution in [0.2, 0.25) is 5.02 Å². The van der Waals surface area contributed by atoms with E-state index < -0.39 is 10.8 Å². The van der Waals surface area contributed by atoms with Gasteiger partial charge >= 0.3 is 0 Å². The topological polar surface area (TPSA) is 17.1 Å². The van der Waals surface area contributed by atoms with Gasteiger partial charge in [-0.25, -0.2) is 4.21 Å². The van der Waals surface area contributed by atoms with Crippen LogP contribution in [0.3, 0.4) is 0 Å². The lowest BCUT2D eigenvalue weighted by Gasteiger charge is -2.07. The van der Waals surface area contributed by atoms with E-state index in [0.29, 0.717) is 10.9 Å². The molecule has 0 aliphatic carbocycles. The Labute approximate surface area is 115 Å². The summed E-state index contributed by atoms with van der Waals surface area (Å²) in [5.74, 6) is 0.489. The molecule has 1 nitrogen and oxygen atoms in total. The first-order chi connectivity index (χ1) is 8.58. The Bertz CT molecular complexity index is 544. The summed E-state index contributed by atoms with van der Waals surface area (Å²) >= 11 is 5.82. The van der Waals surface area contributed by atoms with Crippen LogP contribution in [-0.4, -0.2) is 4.21 Å². The second-order valence-corrected chi connectivity index (χ2v) is 6.36.